The van der Waals surface area contributed by atoms with Gasteiger partial charge in [-0.2, -0.15) is 13.8 Å². The van der Waals surface area contributed by atoms with Gasteiger partial charge in [-0.15, -0.1) is 0 Å². The monoisotopic (exact) mass is 656 g/mol. The summed E-state index contributed by atoms with van der Waals surface area (Å²) in [7, 11) is 0. The summed E-state index contributed by atoms with van der Waals surface area (Å²) in [6, 6.07) is 40.5. The Labute approximate surface area is 284 Å². The van der Waals surface area contributed by atoms with Crippen molar-refractivity contribution in [2.75, 3.05) is 0 Å². The van der Waals surface area contributed by atoms with Gasteiger partial charge in [0.05, 0.1) is 21.4 Å². The number of thiazole rings is 1. The fourth-order valence-electron chi connectivity index (χ4n) is 7.63. The molecule has 0 saturated carbocycles. The predicted molar refractivity (Wildman–Crippen MR) is 195 cm³/mol. The molecule has 0 bridgehead atoms. The summed E-state index contributed by atoms with van der Waals surface area (Å²) in [5.74, 6) is -1.64. The van der Waals surface area contributed by atoms with Gasteiger partial charge in [-0.25, -0.2) is 9.97 Å². The van der Waals surface area contributed by atoms with Gasteiger partial charge in [-0.05, 0) is 87.5 Å². The molecule has 49 heavy (non-hydrogen) atoms. The topological polar surface area (TPSA) is 43.1 Å². The van der Waals surface area contributed by atoms with Crippen LogP contribution in [0.3, 0.4) is 0 Å². The molecule has 1 aliphatic carbocycles. The first-order chi connectivity index (χ1) is 23.8. The SMILES string of the molecule is CC1(C)c2cc(-c3cccc(-c4nc5ccccc5c5nc6sc7ccccc7n6c45)c3)ccc2-c2ccc(-c3ccc(F)nc3F)cc21. The van der Waals surface area contributed by atoms with Crippen LogP contribution in [0.5, 0.6) is 0 Å². The summed E-state index contributed by atoms with van der Waals surface area (Å²) in [5, 5.41) is 1.04. The number of imidazole rings is 1. The van der Waals surface area contributed by atoms with Crippen LogP contribution in [0.15, 0.2) is 121 Å². The highest BCUT2D eigenvalue weighted by Gasteiger charge is 2.36. The number of benzene rings is 5. The van der Waals surface area contributed by atoms with E-state index in [9.17, 15) is 8.78 Å². The van der Waals surface area contributed by atoms with Crippen molar-refractivity contribution in [3.8, 4) is 44.6 Å². The molecule has 0 N–H and O–H groups in total. The van der Waals surface area contributed by atoms with E-state index < -0.39 is 11.9 Å². The van der Waals surface area contributed by atoms with E-state index in [2.05, 4.69) is 102 Å². The largest absolute Gasteiger partial charge is 0.281 e. The van der Waals surface area contributed by atoms with E-state index in [1.54, 1.807) is 11.3 Å². The number of nitrogens with zero attached hydrogens (tertiary/aromatic N) is 4. The van der Waals surface area contributed by atoms with Crippen LogP contribution in [0.4, 0.5) is 8.78 Å². The fraction of sp³-hybridized carbons (Fsp3) is 0.0714. The van der Waals surface area contributed by atoms with E-state index in [0.29, 0.717) is 5.56 Å². The summed E-state index contributed by atoms with van der Waals surface area (Å²) in [6.07, 6.45) is 0. The summed E-state index contributed by atoms with van der Waals surface area (Å²) in [6.45, 7) is 4.40. The second-order valence-corrected chi connectivity index (χ2v) is 14.2. The minimum absolute atomic E-state index is 0.288. The number of fused-ring (bicyclic) bond motifs is 10. The van der Waals surface area contributed by atoms with Gasteiger partial charge in [-0.3, -0.25) is 4.40 Å². The van der Waals surface area contributed by atoms with Crippen molar-refractivity contribution in [1.29, 1.82) is 0 Å². The summed E-state index contributed by atoms with van der Waals surface area (Å²) in [4.78, 5) is 14.8. The van der Waals surface area contributed by atoms with Gasteiger partial charge in [0.15, 0.2) is 4.96 Å². The Kier molecular flexibility index (Phi) is 5.83. The Balaban J connectivity index is 1.11. The smallest absolute Gasteiger partial charge is 0.223 e. The Bertz CT molecular complexity index is 2840. The third-order valence-corrected chi connectivity index (χ3v) is 11.1. The third kappa shape index (κ3) is 4.09. The molecule has 4 aromatic heterocycles. The fourth-order valence-corrected chi connectivity index (χ4v) is 8.65. The number of halogens is 2. The molecule has 5 aromatic carbocycles. The Morgan fingerprint density at radius 3 is 2.14 bits per heavy atom. The molecule has 9 aromatic rings. The minimum atomic E-state index is -0.828. The van der Waals surface area contributed by atoms with Gasteiger partial charge in [0, 0.05) is 21.9 Å². The zero-order valence-electron chi connectivity index (χ0n) is 26.5. The van der Waals surface area contributed by atoms with E-state index in [1.807, 2.05) is 30.3 Å². The lowest BCUT2D eigenvalue weighted by atomic mass is 9.81. The molecule has 4 heterocycles. The van der Waals surface area contributed by atoms with Crippen molar-refractivity contribution in [1.82, 2.24) is 19.4 Å². The van der Waals surface area contributed by atoms with E-state index in [-0.39, 0.29) is 11.0 Å². The summed E-state index contributed by atoms with van der Waals surface area (Å²) < 4.78 is 31.6. The summed E-state index contributed by atoms with van der Waals surface area (Å²) in [5.41, 5.74) is 13.3. The van der Waals surface area contributed by atoms with Crippen LogP contribution >= 0.6 is 11.3 Å². The van der Waals surface area contributed by atoms with Gasteiger partial charge in [0.1, 0.15) is 11.0 Å². The van der Waals surface area contributed by atoms with Gasteiger partial charge >= 0.3 is 0 Å². The number of rotatable bonds is 3. The number of para-hydroxylation sites is 2. The lowest BCUT2D eigenvalue weighted by molar-refractivity contribution is 0.515. The molecule has 0 amide bonds. The molecule has 0 fully saturated rings. The van der Waals surface area contributed by atoms with E-state index in [1.165, 1.54) is 22.4 Å². The average Bonchev–Trinajstić information content (AvgIpc) is 3.74. The van der Waals surface area contributed by atoms with Gasteiger partial charge < -0.3 is 0 Å². The molecule has 0 unspecified atom stereocenters. The van der Waals surface area contributed by atoms with Crippen molar-refractivity contribution in [2.45, 2.75) is 19.3 Å². The standard InChI is InChI=1S/C42H26F2N4S/c1-42(2)31-21-24(14-16-28(31)29-17-15-25(22-32(29)42)27-18-19-36(43)46-40(27)44)23-8-7-9-26(20-23)37-39-38(30-10-3-4-11-33(30)45-37)47-41-48(39)34-12-5-6-13-35(34)49-41/h3-22H,1-2H3. The van der Waals surface area contributed by atoms with Crippen LogP contribution in [0.25, 0.3) is 81.8 Å². The second kappa shape index (κ2) is 10.1. The first kappa shape index (κ1) is 28.2. The predicted octanol–water partition coefficient (Wildman–Crippen LogP) is 11.2. The number of aromatic nitrogens is 4. The van der Waals surface area contributed by atoms with E-state index in [0.717, 1.165) is 71.5 Å². The second-order valence-electron chi connectivity index (χ2n) is 13.2. The molecule has 0 aliphatic heterocycles. The maximum absolute atomic E-state index is 14.7. The van der Waals surface area contributed by atoms with Crippen LogP contribution in [0.1, 0.15) is 25.0 Å². The van der Waals surface area contributed by atoms with Crippen LogP contribution in [-0.2, 0) is 5.41 Å². The van der Waals surface area contributed by atoms with Crippen LogP contribution in [0, 0.1) is 11.9 Å². The first-order valence-corrected chi connectivity index (χ1v) is 17.0. The quantitative estimate of drug-likeness (QED) is 0.178. The highest BCUT2D eigenvalue weighted by atomic mass is 32.1. The van der Waals surface area contributed by atoms with E-state index in [4.69, 9.17) is 9.97 Å². The number of hydrogen-bond donors (Lipinski definition) is 0. The zero-order chi connectivity index (χ0) is 33.0. The van der Waals surface area contributed by atoms with Crippen LogP contribution in [0.2, 0.25) is 0 Å². The lowest BCUT2D eigenvalue weighted by Gasteiger charge is -2.22. The van der Waals surface area contributed by atoms with Crippen molar-refractivity contribution in [2.24, 2.45) is 0 Å². The molecule has 4 nitrogen and oxygen atoms in total. The molecule has 0 radical (unpaired) electrons. The Morgan fingerprint density at radius 2 is 1.31 bits per heavy atom. The molecule has 10 rings (SSSR count). The Hall–Kier alpha value is -5.79. The molecule has 1 aliphatic rings. The normalized spacial score (nSPS) is 13.5. The zero-order valence-corrected chi connectivity index (χ0v) is 27.3. The van der Waals surface area contributed by atoms with Crippen molar-refractivity contribution in [3.05, 3.63) is 144 Å². The molecule has 7 heteroatoms. The molecule has 234 valence electrons. The van der Waals surface area contributed by atoms with Crippen molar-refractivity contribution in [3.63, 3.8) is 0 Å². The summed E-state index contributed by atoms with van der Waals surface area (Å²) >= 11 is 1.69. The first-order valence-electron chi connectivity index (χ1n) is 16.2. The maximum atomic E-state index is 14.7. The minimum Gasteiger partial charge on any atom is -0.281 e. The van der Waals surface area contributed by atoms with E-state index >= 15 is 0 Å². The maximum Gasteiger partial charge on any atom is 0.223 e. The van der Waals surface area contributed by atoms with Gasteiger partial charge in [0.2, 0.25) is 11.9 Å². The highest BCUT2D eigenvalue weighted by Crippen LogP contribution is 2.51. The van der Waals surface area contributed by atoms with Gasteiger partial charge in [-0.1, -0.05) is 98.0 Å². The van der Waals surface area contributed by atoms with Crippen LogP contribution in [-0.4, -0.2) is 19.4 Å². The Morgan fingerprint density at radius 1 is 0.612 bits per heavy atom. The molecular formula is C42H26F2N4S. The highest BCUT2D eigenvalue weighted by molar-refractivity contribution is 7.23. The molecular weight excluding hydrogens is 631 g/mol. The van der Waals surface area contributed by atoms with Crippen molar-refractivity contribution >= 4 is 48.5 Å². The molecule has 0 spiro atoms. The van der Waals surface area contributed by atoms with Gasteiger partial charge in [0.25, 0.3) is 0 Å². The van der Waals surface area contributed by atoms with Crippen LogP contribution < -0.4 is 0 Å². The molecule has 0 saturated heterocycles. The average molecular weight is 657 g/mol. The molecule has 0 atom stereocenters. The van der Waals surface area contributed by atoms with Crippen molar-refractivity contribution < 1.29 is 8.78 Å². The third-order valence-electron chi connectivity index (χ3n) is 10.0. The number of pyridine rings is 2. The lowest BCUT2D eigenvalue weighted by Crippen LogP contribution is -2.15. The number of hydrogen-bond acceptors (Lipinski definition) is 4.